The number of rotatable bonds is 6. The van der Waals surface area contributed by atoms with E-state index in [9.17, 15) is 13.2 Å². The quantitative estimate of drug-likeness (QED) is 0.360. The zero-order chi connectivity index (χ0) is 24.6. The predicted octanol–water partition coefficient (Wildman–Crippen LogP) is 3.88. The summed E-state index contributed by atoms with van der Waals surface area (Å²) in [5, 5.41) is 8.40. The average molecular weight is 571 g/mol. The Hall–Kier alpha value is -2.70. The molecule has 10 nitrogen and oxygen atoms in total. The number of aromatic amines is 1. The molecule has 14 heteroatoms. The summed E-state index contributed by atoms with van der Waals surface area (Å²) in [6, 6.07) is 8.29. The molecular formula is C22H22Cl3N7O3S. The first-order valence-electron chi connectivity index (χ1n) is 10.9. The Morgan fingerprint density at radius 1 is 1.11 bits per heavy atom. The van der Waals surface area contributed by atoms with Crippen molar-refractivity contribution >= 4 is 62.6 Å². The Morgan fingerprint density at radius 3 is 2.58 bits per heavy atom. The van der Waals surface area contributed by atoms with E-state index in [0.717, 1.165) is 5.56 Å². The van der Waals surface area contributed by atoms with Gasteiger partial charge >= 0.3 is 0 Å². The van der Waals surface area contributed by atoms with Crippen molar-refractivity contribution < 1.29 is 8.42 Å². The standard InChI is InChI=1S/C22H21Cl2N7O3S.ClH/c23-17-4-3-14(10-18(17)24)11-26-22-28-19-13-27-31(20(19)21(32)29-22)15-5-8-30(9-6-15)35(33,34)16-2-1-7-25-12-16;/h1-4,7,10,12-13,15H,5-6,8-9,11H2,(H2,26,28,29,32);1H. The van der Waals surface area contributed by atoms with Gasteiger partial charge in [0.05, 0.1) is 22.3 Å². The van der Waals surface area contributed by atoms with Gasteiger partial charge in [0.1, 0.15) is 10.4 Å². The molecule has 0 spiro atoms. The number of hydrogen-bond donors (Lipinski definition) is 2. The van der Waals surface area contributed by atoms with Crippen LogP contribution in [0.4, 0.5) is 5.95 Å². The minimum absolute atomic E-state index is 0. The molecule has 0 unspecified atom stereocenters. The van der Waals surface area contributed by atoms with Crippen LogP contribution in [0.15, 0.2) is 58.6 Å². The summed E-state index contributed by atoms with van der Waals surface area (Å²) in [5.74, 6) is 0.311. The molecule has 0 aliphatic carbocycles. The summed E-state index contributed by atoms with van der Waals surface area (Å²) >= 11 is 12.0. The van der Waals surface area contributed by atoms with Crippen molar-refractivity contribution in [1.29, 1.82) is 0 Å². The summed E-state index contributed by atoms with van der Waals surface area (Å²) in [5.41, 5.74) is 1.37. The molecule has 1 aliphatic heterocycles. The second-order valence-electron chi connectivity index (χ2n) is 8.16. The van der Waals surface area contributed by atoms with Crippen LogP contribution in [0.3, 0.4) is 0 Å². The van der Waals surface area contributed by atoms with Crippen molar-refractivity contribution in [2.45, 2.75) is 30.3 Å². The van der Waals surface area contributed by atoms with Crippen LogP contribution in [0.25, 0.3) is 11.0 Å². The topological polar surface area (TPSA) is 126 Å². The molecule has 4 heterocycles. The molecule has 0 amide bonds. The first-order chi connectivity index (χ1) is 16.8. The van der Waals surface area contributed by atoms with Crippen molar-refractivity contribution in [3.63, 3.8) is 0 Å². The third-order valence-electron chi connectivity index (χ3n) is 5.94. The van der Waals surface area contributed by atoms with Gasteiger partial charge in [-0.15, -0.1) is 12.4 Å². The molecule has 3 aromatic heterocycles. The molecule has 1 fully saturated rings. The summed E-state index contributed by atoms with van der Waals surface area (Å²) in [4.78, 5) is 24.2. The van der Waals surface area contributed by atoms with Crippen molar-refractivity contribution in [3.8, 4) is 0 Å². The molecule has 0 bridgehead atoms. The van der Waals surface area contributed by atoms with E-state index in [-0.39, 0.29) is 28.9 Å². The molecule has 0 atom stereocenters. The fourth-order valence-corrected chi connectivity index (χ4v) is 5.90. The highest BCUT2D eigenvalue weighted by Crippen LogP contribution is 2.28. The highest BCUT2D eigenvalue weighted by atomic mass is 35.5. The molecule has 4 aromatic rings. The van der Waals surface area contributed by atoms with Crippen molar-refractivity contribution in [2.24, 2.45) is 0 Å². The maximum atomic E-state index is 12.9. The monoisotopic (exact) mass is 569 g/mol. The van der Waals surface area contributed by atoms with Gasteiger partial charge in [0.2, 0.25) is 16.0 Å². The number of nitrogens with zero attached hydrogens (tertiary/aromatic N) is 5. The van der Waals surface area contributed by atoms with Gasteiger partial charge in [0.25, 0.3) is 5.56 Å². The average Bonchev–Trinajstić information content (AvgIpc) is 3.30. The maximum absolute atomic E-state index is 12.9. The minimum Gasteiger partial charge on any atom is -0.352 e. The summed E-state index contributed by atoms with van der Waals surface area (Å²) in [7, 11) is -3.61. The van der Waals surface area contributed by atoms with Gasteiger partial charge in [-0.05, 0) is 42.7 Å². The van der Waals surface area contributed by atoms with Crippen LogP contribution in [-0.4, -0.2) is 50.5 Å². The maximum Gasteiger partial charge on any atom is 0.278 e. The number of fused-ring (bicyclic) bond motifs is 1. The van der Waals surface area contributed by atoms with Crippen LogP contribution in [0.5, 0.6) is 0 Å². The lowest BCUT2D eigenvalue weighted by atomic mass is 10.1. The van der Waals surface area contributed by atoms with Crippen LogP contribution in [0, 0.1) is 0 Å². The molecule has 2 N–H and O–H groups in total. The van der Waals surface area contributed by atoms with E-state index in [1.54, 1.807) is 29.1 Å². The largest absolute Gasteiger partial charge is 0.352 e. The summed E-state index contributed by atoms with van der Waals surface area (Å²) in [6.45, 7) is 1.03. The van der Waals surface area contributed by atoms with Gasteiger partial charge in [-0.1, -0.05) is 29.3 Å². The number of H-pyrrole nitrogens is 1. The molecule has 190 valence electrons. The molecule has 1 aromatic carbocycles. The lowest BCUT2D eigenvalue weighted by molar-refractivity contribution is 0.265. The van der Waals surface area contributed by atoms with Crippen LogP contribution >= 0.6 is 35.6 Å². The van der Waals surface area contributed by atoms with Crippen LogP contribution in [0.1, 0.15) is 24.4 Å². The first-order valence-corrected chi connectivity index (χ1v) is 13.1. The molecule has 36 heavy (non-hydrogen) atoms. The molecule has 5 rings (SSSR count). The van der Waals surface area contributed by atoms with Crippen LogP contribution in [0.2, 0.25) is 10.0 Å². The van der Waals surface area contributed by atoms with E-state index in [2.05, 4.69) is 25.4 Å². The third-order valence-corrected chi connectivity index (χ3v) is 8.56. The Bertz CT molecular complexity index is 1540. The Kier molecular flexibility index (Phi) is 7.86. The van der Waals surface area contributed by atoms with E-state index in [0.29, 0.717) is 59.5 Å². The highest BCUT2D eigenvalue weighted by Gasteiger charge is 2.31. The minimum atomic E-state index is -3.61. The fourth-order valence-electron chi connectivity index (χ4n) is 4.14. The first kappa shape index (κ1) is 26.4. The second kappa shape index (κ2) is 10.7. The normalized spacial score (nSPS) is 15.1. The number of aromatic nitrogens is 5. The van der Waals surface area contributed by atoms with Crippen LogP contribution < -0.4 is 10.9 Å². The Balaban J connectivity index is 0.00000304. The summed E-state index contributed by atoms with van der Waals surface area (Å²) in [6.07, 6.45) is 5.47. The van der Waals surface area contributed by atoms with Crippen molar-refractivity contribution in [1.82, 2.24) is 29.0 Å². The van der Waals surface area contributed by atoms with Gasteiger partial charge in [-0.2, -0.15) is 9.40 Å². The molecule has 0 saturated carbocycles. The number of sulfonamides is 1. The molecular weight excluding hydrogens is 549 g/mol. The lowest BCUT2D eigenvalue weighted by Crippen LogP contribution is -2.39. The third kappa shape index (κ3) is 5.21. The van der Waals surface area contributed by atoms with Crippen molar-refractivity contribution in [3.05, 3.63) is 74.9 Å². The number of hydrogen-bond acceptors (Lipinski definition) is 7. The van der Waals surface area contributed by atoms with Crippen LogP contribution in [-0.2, 0) is 16.6 Å². The van der Waals surface area contributed by atoms with E-state index in [1.807, 2.05) is 6.07 Å². The second-order valence-corrected chi connectivity index (χ2v) is 10.9. The van der Waals surface area contributed by atoms with E-state index in [1.165, 1.54) is 22.8 Å². The predicted molar refractivity (Wildman–Crippen MR) is 140 cm³/mol. The van der Waals surface area contributed by atoms with E-state index < -0.39 is 10.0 Å². The van der Waals surface area contributed by atoms with E-state index >= 15 is 0 Å². The SMILES string of the molecule is Cl.O=c1[nH]c(NCc2ccc(Cl)c(Cl)c2)nc2cnn(C3CCN(S(=O)(=O)c4cccnc4)CC3)c12. The Morgan fingerprint density at radius 2 is 1.89 bits per heavy atom. The van der Waals surface area contributed by atoms with Gasteiger partial charge in [0.15, 0.2) is 5.52 Å². The van der Waals surface area contributed by atoms with Crippen molar-refractivity contribution in [2.75, 3.05) is 18.4 Å². The van der Waals surface area contributed by atoms with Gasteiger partial charge < -0.3 is 5.32 Å². The molecule has 1 aliphatic rings. The number of anilines is 1. The van der Waals surface area contributed by atoms with Gasteiger partial charge in [-0.3, -0.25) is 19.4 Å². The zero-order valence-corrected chi connectivity index (χ0v) is 21.9. The Labute approximate surface area is 223 Å². The number of pyridine rings is 1. The van der Waals surface area contributed by atoms with Gasteiger partial charge in [-0.25, -0.2) is 13.4 Å². The molecule has 1 saturated heterocycles. The number of halogens is 3. The fraction of sp³-hybridized carbons (Fsp3) is 0.273. The van der Waals surface area contributed by atoms with Gasteiger partial charge in [0, 0.05) is 32.0 Å². The smallest absolute Gasteiger partial charge is 0.278 e. The number of nitrogens with one attached hydrogen (secondary N) is 2. The molecule has 0 radical (unpaired) electrons. The lowest BCUT2D eigenvalue weighted by Gasteiger charge is -2.31. The highest BCUT2D eigenvalue weighted by molar-refractivity contribution is 7.89. The number of piperidine rings is 1. The summed E-state index contributed by atoms with van der Waals surface area (Å²) < 4.78 is 28.8. The zero-order valence-electron chi connectivity index (χ0n) is 18.8. The number of benzene rings is 1. The van der Waals surface area contributed by atoms with E-state index in [4.69, 9.17) is 23.2 Å².